The Morgan fingerprint density at radius 2 is 1.73 bits per heavy atom. The zero-order valence-electron chi connectivity index (χ0n) is 17.7. The van der Waals surface area contributed by atoms with Crippen LogP contribution in [0.3, 0.4) is 0 Å². The van der Waals surface area contributed by atoms with Crippen LogP contribution in [0, 0.1) is 0 Å². The van der Waals surface area contributed by atoms with Gasteiger partial charge in [-0.3, -0.25) is 4.79 Å². The van der Waals surface area contributed by atoms with Crippen LogP contribution < -0.4 is 5.32 Å². The minimum absolute atomic E-state index is 0.0387. The van der Waals surface area contributed by atoms with Crippen LogP contribution in [-0.4, -0.2) is 69.6 Å². The van der Waals surface area contributed by atoms with Gasteiger partial charge in [-0.25, -0.2) is 9.78 Å². The Hall–Kier alpha value is -2.09. The van der Waals surface area contributed by atoms with Gasteiger partial charge >= 0.3 is 6.03 Å². The number of piperidine rings is 2. The van der Waals surface area contributed by atoms with Crippen molar-refractivity contribution in [1.29, 1.82) is 0 Å². The lowest BCUT2D eigenvalue weighted by atomic mass is 9.88. The van der Waals surface area contributed by atoms with Crippen LogP contribution in [-0.2, 0) is 21.7 Å². The molecule has 0 unspecified atom stereocenters. The van der Waals surface area contributed by atoms with Gasteiger partial charge in [-0.15, -0.1) is 0 Å². The van der Waals surface area contributed by atoms with Gasteiger partial charge in [0.05, 0.1) is 6.54 Å². The van der Waals surface area contributed by atoms with E-state index >= 15 is 0 Å². The summed E-state index contributed by atoms with van der Waals surface area (Å²) in [5, 5.41) is 3.19. The molecule has 1 N–H and O–H groups in total. The fraction of sp³-hybridized carbons (Fsp3) is 0.773. The van der Waals surface area contributed by atoms with E-state index in [2.05, 4.69) is 14.9 Å². The minimum atomic E-state index is -0.581. The van der Waals surface area contributed by atoms with Crippen molar-refractivity contribution in [2.45, 2.75) is 82.1 Å². The Morgan fingerprint density at radius 3 is 2.47 bits per heavy atom. The first-order valence-corrected chi connectivity index (χ1v) is 11.7. The second-order valence-electron chi connectivity index (χ2n) is 9.31. The third-order valence-corrected chi connectivity index (χ3v) is 7.34. The molecule has 1 aliphatic carbocycles. The fourth-order valence-corrected chi connectivity index (χ4v) is 5.59. The lowest BCUT2D eigenvalue weighted by Gasteiger charge is -2.46. The molecule has 164 valence electrons. The lowest BCUT2D eigenvalue weighted by Crippen LogP contribution is -2.56. The highest BCUT2D eigenvalue weighted by Gasteiger charge is 2.48. The lowest BCUT2D eigenvalue weighted by molar-refractivity contribution is -0.180. The van der Waals surface area contributed by atoms with Gasteiger partial charge in [0.1, 0.15) is 11.4 Å². The largest absolute Gasteiger partial charge is 0.352 e. The number of nitrogens with one attached hydrogen (secondary N) is 1. The van der Waals surface area contributed by atoms with Gasteiger partial charge in [0.15, 0.2) is 6.10 Å². The maximum Gasteiger partial charge on any atom is 0.317 e. The molecule has 0 aromatic carbocycles. The average molecular weight is 416 g/mol. The van der Waals surface area contributed by atoms with E-state index in [0.29, 0.717) is 38.5 Å². The number of hydrogen-bond donors (Lipinski definition) is 1. The topological polar surface area (TPSA) is 79.7 Å². The van der Waals surface area contributed by atoms with Crippen molar-refractivity contribution in [2.75, 3.05) is 26.2 Å². The van der Waals surface area contributed by atoms with Gasteiger partial charge in [0, 0.05) is 57.5 Å². The molecule has 3 amide bonds. The quantitative estimate of drug-likeness (QED) is 0.803. The van der Waals surface area contributed by atoms with Crippen molar-refractivity contribution < 1.29 is 14.3 Å². The standard InChI is InChI=1S/C22H33N5O3/c28-19(25-11-4-1-5-12-25)18-16-27-15-10-23-20(27)22(30-18)8-13-26(14-9-22)21(29)24-17-6-2-3-7-17/h10,15,17-18H,1-9,11-14,16H2,(H,24,29)/t18-/m1/s1. The van der Waals surface area contributed by atoms with Crippen LogP contribution >= 0.6 is 0 Å². The van der Waals surface area contributed by atoms with Gasteiger partial charge in [0.2, 0.25) is 0 Å². The summed E-state index contributed by atoms with van der Waals surface area (Å²) < 4.78 is 8.63. The molecule has 2 saturated heterocycles. The summed E-state index contributed by atoms with van der Waals surface area (Å²) in [6.07, 6.45) is 12.6. The van der Waals surface area contributed by atoms with Crippen molar-refractivity contribution in [3.8, 4) is 0 Å². The molecule has 1 atom stereocenters. The Morgan fingerprint density at radius 1 is 1.00 bits per heavy atom. The molecule has 8 nitrogen and oxygen atoms in total. The number of fused-ring (bicyclic) bond motifs is 2. The van der Waals surface area contributed by atoms with Gasteiger partial charge in [0.25, 0.3) is 5.91 Å². The second-order valence-corrected chi connectivity index (χ2v) is 9.31. The summed E-state index contributed by atoms with van der Waals surface area (Å²) in [7, 11) is 0. The van der Waals surface area contributed by atoms with Crippen molar-refractivity contribution in [2.24, 2.45) is 0 Å². The molecular weight excluding hydrogens is 382 g/mol. The van der Waals surface area contributed by atoms with Gasteiger partial charge in [-0.1, -0.05) is 12.8 Å². The molecule has 30 heavy (non-hydrogen) atoms. The zero-order valence-corrected chi connectivity index (χ0v) is 17.7. The summed E-state index contributed by atoms with van der Waals surface area (Å²) in [5.41, 5.74) is -0.581. The molecule has 3 fully saturated rings. The van der Waals surface area contributed by atoms with Crippen molar-refractivity contribution in [3.05, 3.63) is 18.2 Å². The number of aromatic nitrogens is 2. The van der Waals surface area contributed by atoms with Crippen LogP contribution in [0.25, 0.3) is 0 Å². The summed E-state index contributed by atoms with van der Waals surface area (Å²) in [4.78, 5) is 34.3. The highest BCUT2D eigenvalue weighted by atomic mass is 16.5. The molecule has 1 aromatic heterocycles. The molecule has 0 bridgehead atoms. The Bertz CT molecular complexity index is 773. The predicted molar refractivity (Wildman–Crippen MR) is 111 cm³/mol. The normalized spacial score (nSPS) is 26.6. The number of likely N-dealkylation sites (tertiary alicyclic amines) is 2. The smallest absolute Gasteiger partial charge is 0.317 e. The maximum atomic E-state index is 13.2. The van der Waals surface area contributed by atoms with Gasteiger partial charge in [-0.2, -0.15) is 0 Å². The molecule has 4 aliphatic rings. The Labute approximate surface area is 177 Å². The molecule has 1 spiro atoms. The molecule has 8 heteroatoms. The summed E-state index contributed by atoms with van der Waals surface area (Å²) in [6.45, 7) is 3.43. The van der Waals surface area contributed by atoms with Crippen LogP contribution in [0.5, 0.6) is 0 Å². The number of amides is 3. The van der Waals surface area contributed by atoms with Crippen molar-refractivity contribution >= 4 is 11.9 Å². The predicted octanol–water partition coefficient (Wildman–Crippen LogP) is 2.24. The minimum Gasteiger partial charge on any atom is -0.352 e. The number of hydrogen-bond acceptors (Lipinski definition) is 4. The van der Waals surface area contributed by atoms with E-state index in [4.69, 9.17) is 4.74 Å². The number of carbonyl (C=O) groups is 2. The van der Waals surface area contributed by atoms with E-state index in [1.165, 1.54) is 19.3 Å². The molecular formula is C22H33N5O3. The van der Waals surface area contributed by atoms with Crippen molar-refractivity contribution in [3.63, 3.8) is 0 Å². The molecule has 3 aliphatic heterocycles. The Balaban J connectivity index is 1.27. The SMILES string of the molecule is O=C(NC1CCCC1)N1CCC2(CC1)O[C@@H](C(=O)N1CCCCC1)Cn1ccnc12. The van der Waals surface area contributed by atoms with E-state index in [0.717, 1.165) is 44.6 Å². The van der Waals surface area contributed by atoms with E-state index in [1.807, 2.05) is 16.0 Å². The van der Waals surface area contributed by atoms with Crippen LogP contribution in [0.2, 0.25) is 0 Å². The number of nitrogens with zero attached hydrogens (tertiary/aromatic N) is 4. The average Bonchev–Trinajstić information content (AvgIpc) is 3.47. The number of ether oxygens (including phenoxy) is 1. The van der Waals surface area contributed by atoms with E-state index < -0.39 is 11.7 Å². The van der Waals surface area contributed by atoms with E-state index in [9.17, 15) is 9.59 Å². The fourth-order valence-electron chi connectivity index (χ4n) is 5.59. The molecule has 1 saturated carbocycles. The van der Waals surface area contributed by atoms with Crippen LogP contribution in [0.1, 0.15) is 63.6 Å². The first kappa shape index (κ1) is 19.8. The summed E-state index contributed by atoms with van der Waals surface area (Å²) in [6, 6.07) is 0.363. The summed E-state index contributed by atoms with van der Waals surface area (Å²) in [5.74, 6) is 1.01. The number of urea groups is 1. The summed E-state index contributed by atoms with van der Waals surface area (Å²) >= 11 is 0. The van der Waals surface area contributed by atoms with Crippen LogP contribution in [0.4, 0.5) is 4.79 Å². The van der Waals surface area contributed by atoms with Gasteiger partial charge in [-0.05, 0) is 32.1 Å². The third-order valence-electron chi connectivity index (χ3n) is 7.34. The number of imidazole rings is 1. The third kappa shape index (κ3) is 3.70. The molecule has 5 rings (SSSR count). The first-order valence-electron chi connectivity index (χ1n) is 11.7. The monoisotopic (exact) mass is 415 g/mol. The second kappa shape index (κ2) is 8.21. The van der Waals surface area contributed by atoms with Crippen molar-refractivity contribution in [1.82, 2.24) is 24.7 Å². The van der Waals surface area contributed by atoms with E-state index in [1.54, 1.807) is 6.20 Å². The molecule has 0 radical (unpaired) electrons. The van der Waals surface area contributed by atoms with Crippen LogP contribution in [0.15, 0.2) is 12.4 Å². The molecule has 1 aromatic rings. The number of rotatable bonds is 2. The first-order chi connectivity index (χ1) is 14.6. The highest BCUT2D eigenvalue weighted by molar-refractivity contribution is 5.81. The highest BCUT2D eigenvalue weighted by Crippen LogP contribution is 2.40. The maximum absolute atomic E-state index is 13.2. The van der Waals surface area contributed by atoms with E-state index in [-0.39, 0.29) is 11.9 Å². The Kier molecular flexibility index (Phi) is 5.43. The number of carbonyl (C=O) groups excluding carboxylic acids is 2. The zero-order chi connectivity index (χ0) is 20.6. The molecule has 4 heterocycles. The van der Waals surface area contributed by atoms with Gasteiger partial charge < -0.3 is 24.4 Å².